The van der Waals surface area contributed by atoms with E-state index in [-0.39, 0.29) is 54.8 Å². The third-order valence-corrected chi connectivity index (χ3v) is 12.7. The van der Waals surface area contributed by atoms with Crippen LogP contribution in [0.3, 0.4) is 0 Å². The van der Waals surface area contributed by atoms with Crippen molar-refractivity contribution in [3.05, 3.63) is 119 Å². The average molecular weight is 837 g/mol. The number of rotatable bonds is 14. The van der Waals surface area contributed by atoms with Gasteiger partial charge in [0.2, 0.25) is 0 Å². The van der Waals surface area contributed by atoms with Crippen molar-refractivity contribution in [1.82, 2.24) is 15.3 Å². The van der Waals surface area contributed by atoms with E-state index in [4.69, 9.17) is 14.3 Å². The smallest absolute Gasteiger partial charge is 0.336 e. The van der Waals surface area contributed by atoms with Crippen LogP contribution in [0.25, 0.3) is 64.6 Å². The minimum Gasteiger partial charge on any atom is -0.478 e. The van der Waals surface area contributed by atoms with Gasteiger partial charge in [-0.15, -0.1) is 0 Å². The lowest BCUT2D eigenvalue weighted by Gasteiger charge is -2.35. The van der Waals surface area contributed by atoms with Gasteiger partial charge in [-0.05, 0) is 124 Å². The first-order valence-corrected chi connectivity index (χ1v) is 21.1. The normalized spacial score (nSPS) is 12.2. The van der Waals surface area contributed by atoms with E-state index in [2.05, 4.69) is 49.1 Å². The van der Waals surface area contributed by atoms with Crippen molar-refractivity contribution in [1.29, 1.82) is 5.26 Å². The number of nitrogens with one attached hydrogen (secondary N) is 2. The molecule has 1 atom stereocenters. The number of nitrogens with zero attached hydrogens (tertiary/aromatic N) is 2. The Morgan fingerprint density at radius 3 is 1.31 bits per heavy atom. The van der Waals surface area contributed by atoms with Crippen LogP contribution in [0.2, 0.25) is 0 Å². The van der Waals surface area contributed by atoms with Gasteiger partial charge in [0.15, 0.2) is 0 Å². The highest BCUT2D eigenvalue weighted by atomic mass is 31.2. The van der Waals surface area contributed by atoms with Crippen molar-refractivity contribution in [2.24, 2.45) is 0 Å². The maximum Gasteiger partial charge on any atom is 0.336 e. The molecule has 61 heavy (non-hydrogen) atoms. The summed E-state index contributed by atoms with van der Waals surface area (Å²) in [4.78, 5) is 49.0. The van der Waals surface area contributed by atoms with Crippen LogP contribution in [-0.2, 0) is 9.05 Å². The predicted molar refractivity (Wildman–Crippen MR) is 241 cm³/mol. The zero-order chi connectivity index (χ0) is 43.5. The molecule has 4 N–H and O–H groups in total. The fraction of sp³-hybridized carbons (Fsp3) is 0.229. The van der Waals surface area contributed by atoms with Crippen molar-refractivity contribution in [3.63, 3.8) is 0 Å². The molecular weight excluding hydrogens is 792 g/mol. The Bertz CT molecular complexity index is 2900. The molecule has 0 heterocycles. The number of hydrogen-bond donors (Lipinski definition) is 4. The molecule has 8 aromatic rings. The van der Waals surface area contributed by atoms with Gasteiger partial charge in [-0.2, -0.15) is 5.26 Å². The molecule has 0 bridgehead atoms. The molecule has 8 rings (SSSR count). The topological polar surface area (TPSA) is 178 Å². The summed E-state index contributed by atoms with van der Waals surface area (Å²) < 4.78 is 14.1. The Morgan fingerprint density at radius 1 is 0.590 bits per heavy atom. The third-order valence-electron chi connectivity index (χ3n) is 10.7. The molecule has 2 amide bonds. The average Bonchev–Trinajstić information content (AvgIpc) is 3.24. The SMILES string of the molecule is CCNC(=O)c1ccc2ccc3ccc(C(=O)NCOP(OCCC#N)N(C(C)C)C(C)C)c4ccc1c2c34.O=C(O)c1ccc2ccc3ccc(C(=O)O)c4ccc1c2c34. The van der Waals surface area contributed by atoms with E-state index in [1.807, 2.05) is 67.6 Å². The maximum absolute atomic E-state index is 13.4. The predicted octanol–water partition coefficient (Wildman–Crippen LogP) is 10.3. The summed E-state index contributed by atoms with van der Waals surface area (Å²) in [6, 6.07) is 31.8. The van der Waals surface area contributed by atoms with Crippen LogP contribution in [0.1, 0.15) is 82.5 Å². The fourth-order valence-corrected chi connectivity index (χ4v) is 9.71. The number of carboxylic acids is 2. The molecule has 0 aliphatic heterocycles. The second kappa shape index (κ2) is 18.0. The monoisotopic (exact) mass is 836 g/mol. The number of amides is 2. The maximum atomic E-state index is 13.4. The number of carbonyl (C=O) groups is 4. The minimum absolute atomic E-state index is 0.0314. The van der Waals surface area contributed by atoms with Crippen molar-refractivity contribution in [2.75, 3.05) is 19.9 Å². The Hall–Kier alpha value is -6.48. The molecule has 1 unspecified atom stereocenters. The van der Waals surface area contributed by atoms with Crippen molar-refractivity contribution >= 4 is 96.9 Å². The standard InChI is InChI=1S/C30H35N4O4P.C18H10O4/c1-6-32-29(35)25-12-10-21-8-9-22-11-13-26(24-15-14-23(25)27(21)28(22)24)30(36)33-18-38-39(37-17-7-16-31)34(19(2)3)20(4)5;19-17(20)13-5-3-9-1-2-10-4-6-14(18(21)22)12-8-7-11(13)15(9)16(10)12/h8-15,19-20H,6-7,17-18H2,1-5H3,(H,32,35)(H,33,36);1-8H,(H,19,20)(H,21,22). The van der Waals surface area contributed by atoms with Gasteiger partial charge in [0.1, 0.15) is 6.73 Å². The molecule has 0 spiro atoms. The number of aromatic carboxylic acids is 2. The van der Waals surface area contributed by atoms with Gasteiger partial charge in [0.25, 0.3) is 20.3 Å². The van der Waals surface area contributed by atoms with E-state index in [9.17, 15) is 29.4 Å². The molecule has 0 aliphatic rings. The molecule has 0 radical (unpaired) electrons. The second-order valence-electron chi connectivity index (χ2n) is 15.1. The number of benzene rings is 8. The quantitative estimate of drug-likeness (QED) is 0.0357. The van der Waals surface area contributed by atoms with Crippen LogP contribution in [0.4, 0.5) is 0 Å². The summed E-state index contributed by atoms with van der Waals surface area (Å²) in [5.41, 5.74) is 1.60. The molecule has 13 heteroatoms. The van der Waals surface area contributed by atoms with Gasteiger partial charge >= 0.3 is 11.9 Å². The third kappa shape index (κ3) is 8.21. The van der Waals surface area contributed by atoms with Gasteiger partial charge in [-0.25, -0.2) is 14.3 Å². The van der Waals surface area contributed by atoms with Crippen molar-refractivity contribution in [2.45, 2.75) is 53.1 Å². The summed E-state index contributed by atoms with van der Waals surface area (Å²) in [5, 5.41) is 43.7. The zero-order valence-electron chi connectivity index (χ0n) is 34.4. The zero-order valence-corrected chi connectivity index (χ0v) is 35.3. The highest BCUT2D eigenvalue weighted by Gasteiger charge is 2.28. The summed E-state index contributed by atoms with van der Waals surface area (Å²) >= 11 is 0. The lowest BCUT2D eigenvalue weighted by molar-refractivity contribution is 0.0688. The van der Waals surface area contributed by atoms with Crippen LogP contribution in [-0.4, -0.2) is 70.6 Å². The van der Waals surface area contributed by atoms with Crippen LogP contribution in [0.5, 0.6) is 0 Å². The molecule has 0 aliphatic carbocycles. The van der Waals surface area contributed by atoms with Crippen LogP contribution in [0.15, 0.2) is 97.1 Å². The van der Waals surface area contributed by atoms with Gasteiger partial charge in [0, 0.05) is 29.8 Å². The van der Waals surface area contributed by atoms with Gasteiger partial charge in [-0.3, -0.25) is 9.59 Å². The summed E-state index contributed by atoms with van der Waals surface area (Å²) in [7, 11) is -1.47. The molecular formula is C48H45N4O8P. The lowest BCUT2D eigenvalue weighted by Crippen LogP contribution is -2.35. The van der Waals surface area contributed by atoms with Gasteiger partial charge < -0.3 is 29.9 Å². The lowest BCUT2D eigenvalue weighted by atomic mass is 9.89. The summed E-state index contributed by atoms with van der Waals surface area (Å²) in [6.45, 7) is 10.9. The molecule has 0 saturated carbocycles. The van der Waals surface area contributed by atoms with E-state index in [0.29, 0.717) is 28.4 Å². The molecule has 0 aromatic heterocycles. The first-order chi connectivity index (χ1) is 29.4. The first kappa shape index (κ1) is 42.6. The summed E-state index contributed by atoms with van der Waals surface area (Å²) in [5.74, 6) is -2.35. The fourth-order valence-electron chi connectivity index (χ4n) is 8.19. The van der Waals surface area contributed by atoms with E-state index in [1.165, 1.54) is 0 Å². The molecule has 310 valence electrons. The largest absolute Gasteiger partial charge is 0.478 e. The van der Waals surface area contributed by atoms with E-state index < -0.39 is 20.5 Å². The Morgan fingerprint density at radius 2 is 0.951 bits per heavy atom. The molecule has 8 aromatic carbocycles. The molecule has 12 nitrogen and oxygen atoms in total. The Balaban J connectivity index is 0.000000214. The van der Waals surface area contributed by atoms with Crippen LogP contribution in [0, 0.1) is 11.3 Å². The van der Waals surface area contributed by atoms with Gasteiger partial charge in [0.05, 0.1) is 30.2 Å². The minimum atomic E-state index is -1.47. The van der Waals surface area contributed by atoms with E-state index in [1.54, 1.807) is 36.4 Å². The first-order valence-electron chi connectivity index (χ1n) is 20.0. The van der Waals surface area contributed by atoms with Crippen molar-refractivity contribution in [3.8, 4) is 6.07 Å². The highest BCUT2D eigenvalue weighted by molar-refractivity contribution is 7.44. The van der Waals surface area contributed by atoms with Crippen LogP contribution >= 0.6 is 8.53 Å². The van der Waals surface area contributed by atoms with Crippen LogP contribution < -0.4 is 10.6 Å². The molecule has 0 fully saturated rings. The Labute approximate surface area is 353 Å². The Kier molecular flexibility index (Phi) is 12.6. The number of carboxylic acid groups (broad SMARTS) is 2. The van der Waals surface area contributed by atoms with E-state index in [0.717, 1.165) is 53.9 Å². The number of hydrogen-bond acceptors (Lipinski definition) is 8. The number of carbonyl (C=O) groups excluding carboxylic acids is 2. The van der Waals surface area contributed by atoms with E-state index >= 15 is 0 Å². The number of nitriles is 1. The molecule has 0 saturated heterocycles. The summed E-state index contributed by atoms with van der Waals surface area (Å²) in [6.07, 6.45) is 0.267. The highest BCUT2D eigenvalue weighted by Crippen LogP contribution is 2.46. The second-order valence-corrected chi connectivity index (χ2v) is 16.5. The van der Waals surface area contributed by atoms with Crippen molar-refractivity contribution < 1.29 is 38.4 Å². The van der Waals surface area contributed by atoms with Gasteiger partial charge in [-0.1, -0.05) is 72.8 Å².